The lowest BCUT2D eigenvalue weighted by Gasteiger charge is -2.63. The fourth-order valence-electron chi connectivity index (χ4n) is 8.28. The van der Waals surface area contributed by atoms with Crippen LogP contribution >= 0.6 is 0 Å². The van der Waals surface area contributed by atoms with Crippen LogP contribution in [0, 0.1) is 34.5 Å². The summed E-state index contributed by atoms with van der Waals surface area (Å²) in [5.74, 6) is 0.704. The topological polar surface area (TPSA) is 107 Å². The average molecular weight is 411 g/mol. The molecule has 4 rings (SSSR count). The fourth-order valence-corrected chi connectivity index (χ4v) is 8.28. The van der Waals surface area contributed by atoms with Crippen LogP contribution in [-0.2, 0) is 9.53 Å². The number of rotatable bonds is 3. The molecule has 0 aromatic heterocycles. The molecule has 4 aliphatic rings. The smallest absolute Gasteiger partial charge is 0.302 e. The van der Waals surface area contributed by atoms with Gasteiger partial charge in [0.25, 0.3) is 0 Å². The summed E-state index contributed by atoms with van der Waals surface area (Å²) in [5.41, 5.74) is -1.94. The van der Waals surface area contributed by atoms with Crippen molar-refractivity contribution in [2.45, 2.75) is 96.1 Å². The van der Waals surface area contributed by atoms with Gasteiger partial charge in [-0.05, 0) is 80.5 Å². The van der Waals surface area contributed by atoms with Crippen LogP contribution in [-0.4, -0.2) is 56.9 Å². The van der Waals surface area contributed by atoms with Crippen molar-refractivity contribution in [2.24, 2.45) is 34.5 Å². The Morgan fingerprint density at radius 1 is 1.14 bits per heavy atom. The van der Waals surface area contributed by atoms with Gasteiger partial charge in [-0.15, -0.1) is 0 Å². The highest BCUT2D eigenvalue weighted by molar-refractivity contribution is 5.65. The van der Waals surface area contributed by atoms with E-state index in [2.05, 4.69) is 6.92 Å². The molecule has 4 fully saturated rings. The Labute approximate surface area is 173 Å². The van der Waals surface area contributed by atoms with Gasteiger partial charge in [0, 0.05) is 12.3 Å². The van der Waals surface area contributed by atoms with Crippen LogP contribution in [0.4, 0.5) is 0 Å². The summed E-state index contributed by atoms with van der Waals surface area (Å²) >= 11 is 0. The summed E-state index contributed by atoms with van der Waals surface area (Å²) in [7, 11) is 0. The van der Waals surface area contributed by atoms with Crippen LogP contribution in [0.15, 0.2) is 0 Å². The molecule has 4 saturated carbocycles. The molecule has 10 atom stereocenters. The number of hydrogen-bond acceptors (Lipinski definition) is 6. The maximum absolute atomic E-state index is 11.6. The van der Waals surface area contributed by atoms with E-state index in [-0.39, 0.29) is 30.0 Å². The van der Waals surface area contributed by atoms with E-state index < -0.39 is 29.2 Å². The second-order valence-corrected chi connectivity index (χ2v) is 11.0. The summed E-state index contributed by atoms with van der Waals surface area (Å²) in [6, 6.07) is 0. The Bertz CT molecular complexity index is 653. The molecule has 0 bridgehead atoms. The second-order valence-electron chi connectivity index (χ2n) is 11.0. The van der Waals surface area contributed by atoms with E-state index in [1.54, 1.807) is 0 Å². The Kier molecular flexibility index (Phi) is 5.33. The van der Waals surface area contributed by atoms with E-state index >= 15 is 0 Å². The number of ether oxygens (including phenoxy) is 1. The minimum absolute atomic E-state index is 0.0277. The van der Waals surface area contributed by atoms with Crippen molar-refractivity contribution >= 4 is 5.97 Å². The van der Waals surface area contributed by atoms with Gasteiger partial charge >= 0.3 is 5.97 Å². The molecule has 4 N–H and O–H groups in total. The molecule has 6 heteroatoms. The van der Waals surface area contributed by atoms with Crippen molar-refractivity contribution in [1.29, 1.82) is 0 Å². The van der Waals surface area contributed by atoms with Gasteiger partial charge in [-0.1, -0.05) is 13.8 Å². The van der Waals surface area contributed by atoms with Crippen LogP contribution in [0.1, 0.15) is 72.1 Å². The first-order valence-corrected chi connectivity index (χ1v) is 11.4. The van der Waals surface area contributed by atoms with Crippen molar-refractivity contribution in [2.75, 3.05) is 6.61 Å². The first kappa shape index (κ1) is 21.5. The standard InChI is InChI=1S/C23H38O6/c1-13(24)29-12-19(27)23(28)9-7-17-16-5-4-14-10-15(25)6-8-21(14,2)20(16)18(26)11-22(17,23)3/h14-20,25-28H,4-12H2,1-3H3/t14-,15?,16?,17?,18?,19?,20?,21?,22?,23-/m0/s1. The predicted molar refractivity (Wildman–Crippen MR) is 107 cm³/mol. The Morgan fingerprint density at radius 2 is 1.86 bits per heavy atom. The van der Waals surface area contributed by atoms with Crippen molar-refractivity contribution in [3.05, 3.63) is 0 Å². The number of fused-ring (bicyclic) bond motifs is 5. The summed E-state index contributed by atoms with van der Waals surface area (Å²) in [6.07, 6.45) is 4.48. The van der Waals surface area contributed by atoms with Gasteiger partial charge in [0.1, 0.15) is 12.7 Å². The number of aliphatic hydroxyl groups is 4. The van der Waals surface area contributed by atoms with Crippen molar-refractivity contribution in [3.8, 4) is 0 Å². The molecule has 0 amide bonds. The third kappa shape index (κ3) is 3.08. The lowest BCUT2D eigenvalue weighted by molar-refractivity contribution is -0.225. The molecule has 0 radical (unpaired) electrons. The molecule has 29 heavy (non-hydrogen) atoms. The molecule has 0 saturated heterocycles. The molecule has 6 nitrogen and oxygen atoms in total. The van der Waals surface area contributed by atoms with E-state index in [4.69, 9.17) is 4.74 Å². The summed E-state index contributed by atoms with van der Waals surface area (Å²) in [5, 5.41) is 43.9. The molecule has 0 aliphatic heterocycles. The molecule has 0 aromatic carbocycles. The predicted octanol–water partition coefficient (Wildman–Crippen LogP) is 2.02. The van der Waals surface area contributed by atoms with Gasteiger partial charge in [0.05, 0.1) is 17.8 Å². The molecule has 0 aromatic rings. The summed E-state index contributed by atoms with van der Waals surface area (Å²) in [4.78, 5) is 11.2. The van der Waals surface area contributed by atoms with E-state index in [1.807, 2.05) is 6.92 Å². The number of hydrogen-bond donors (Lipinski definition) is 4. The van der Waals surface area contributed by atoms with Crippen LogP contribution in [0.2, 0.25) is 0 Å². The zero-order valence-electron chi connectivity index (χ0n) is 18.0. The van der Waals surface area contributed by atoms with Crippen molar-refractivity contribution in [1.82, 2.24) is 0 Å². The number of carbonyl (C=O) groups is 1. The van der Waals surface area contributed by atoms with Gasteiger partial charge in [-0.3, -0.25) is 4.79 Å². The monoisotopic (exact) mass is 410 g/mol. The molecule has 4 aliphatic carbocycles. The lowest BCUT2D eigenvalue weighted by Crippen LogP contribution is -2.64. The lowest BCUT2D eigenvalue weighted by atomic mass is 9.43. The highest BCUT2D eigenvalue weighted by atomic mass is 16.5. The third-order valence-electron chi connectivity index (χ3n) is 9.78. The normalized spacial score (nSPS) is 52.8. The van der Waals surface area contributed by atoms with Gasteiger partial charge in [0.15, 0.2) is 0 Å². The van der Waals surface area contributed by atoms with Crippen molar-refractivity contribution < 1.29 is 30.0 Å². The zero-order valence-corrected chi connectivity index (χ0v) is 18.0. The summed E-state index contributed by atoms with van der Waals surface area (Å²) in [6.45, 7) is 5.41. The molecule has 0 heterocycles. The minimum atomic E-state index is -1.36. The fraction of sp³-hybridized carbons (Fsp3) is 0.957. The zero-order chi connectivity index (χ0) is 21.2. The maximum Gasteiger partial charge on any atom is 0.302 e. The molecular formula is C23H38O6. The molecular weight excluding hydrogens is 372 g/mol. The van der Waals surface area contributed by atoms with Crippen LogP contribution < -0.4 is 0 Å². The molecule has 166 valence electrons. The maximum atomic E-state index is 11.6. The first-order chi connectivity index (χ1) is 13.5. The van der Waals surface area contributed by atoms with E-state index in [0.29, 0.717) is 24.7 Å². The number of esters is 1. The quantitative estimate of drug-likeness (QED) is 0.530. The molecule has 0 spiro atoms. The molecule has 8 unspecified atom stereocenters. The highest BCUT2D eigenvalue weighted by Crippen LogP contribution is 2.68. The largest absolute Gasteiger partial charge is 0.463 e. The van der Waals surface area contributed by atoms with Gasteiger partial charge in [0.2, 0.25) is 0 Å². The first-order valence-electron chi connectivity index (χ1n) is 11.4. The van der Waals surface area contributed by atoms with Crippen LogP contribution in [0.3, 0.4) is 0 Å². The Hall–Kier alpha value is -0.690. The van der Waals surface area contributed by atoms with Gasteiger partial charge in [-0.25, -0.2) is 0 Å². The second kappa shape index (κ2) is 7.18. The summed E-state index contributed by atoms with van der Waals surface area (Å²) < 4.78 is 5.00. The SMILES string of the molecule is CC(=O)OCC(O)[C@@]1(O)CCC2C3CC[C@H]4CC(O)CCC4(C)C3C(O)CC21C. The average Bonchev–Trinajstić information content (AvgIpc) is 2.91. The van der Waals surface area contributed by atoms with Crippen LogP contribution in [0.25, 0.3) is 0 Å². The Morgan fingerprint density at radius 3 is 2.55 bits per heavy atom. The highest BCUT2D eigenvalue weighted by Gasteiger charge is 2.68. The third-order valence-corrected chi connectivity index (χ3v) is 9.78. The van der Waals surface area contributed by atoms with Crippen molar-refractivity contribution in [3.63, 3.8) is 0 Å². The van der Waals surface area contributed by atoms with E-state index in [1.165, 1.54) is 6.92 Å². The Balaban J connectivity index is 1.61. The number of aliphatic hydroxyl groups excluding tert-OH is 3. The minimum Gasteiger partial charge on any atom is -0.463 e. The number of carbonyl (C=O) groups excluding carboxylic acids is 1. The van der Waals surface area contributed by atoms with E-state index in [0.717, 1.165) is 38.5 Å². The van der Waals surface area contributed by atoms with Gasteiger partial charge in [-0.2, -0.15) is 0 Å². The van der Waals surface area contributed by atoms with E-state index in [9.17, 15) is 25.2 Å². The van der Waals surface area contributed by atoms with Gasteiger partial charge < -0.3 is 25.2 Å². The van der Waals surface area contributed by atoms with Crippen LogP contribution in [0.5, 0.6) is 0 Å².